The van der Waals surface area contributed by atoms with E-state index in [0.717, 1.165) is 26.1 Å². The molecule has 1 atom stereocenters. The zero-order valence-corrected chi connectivity index (χ0v) is 15.7. The van der Waals surface area contributed by atoms with Crippen molar-refractivity contribution in [3.8, 4) is 11.3 Å². The second kappa shape index (κ2) is 7.78. The molecule has 10 heteroatoms. The number of carbonyl (C=O) groups is 1. The molecule has 2 aromatic rings. The van der Waals surface area contributed by atoms with Gasteiger partial charge in [0.1, 0.15) is 12.2 Å². The number of aromatic nitrogens is 4. The van der Waals surface area contributed by atoms with Crippen LogP contribution in [0, 0.1) is 0 Å². The molecule has 8 nitrogen and oxygen atoms in total. The predicted molar refractivity (Wildman–Crippen MR) is 99.1 cm³/mol. The third kappa shape index (κ3) is 3.82. The van der Waals surface area contributed by atoms with Crippen LogP contribution in [0.1, 0.15) is 25.5 Å². The number of hydrogen-bond donors (Lipinski definition) is 1. The van der Waals surface area contributed by atoms with Gasteiger partial charge in [0.05, 0.1) is 11.9 Å². The smallest absolute Gasteiger partial charge is 0.280 e. The number of hydrogen-bond acceptors (Lipinski definition) is 6. The van der Waals surface area contributed by atoms with Crippen LogP contribution in [0.15, 0.2) is 18.5 Å². The molecule has 0 aliphatic carbocycles. The Labute approximate surface area is 161 Å². The molecule has 0 saturated carbocycles. The summed E-state index contributed by atoms with van der Waals surface area (Å²) < 4.78 is 28.2. The average Bonchev–Trinajstić information content (AvgIpc) is 3.15. The zero-order chi connectivity index (χ0) is 19.7. The minimum Gasteiger partial charge on any atom is -0.339 e. The highest BCUT2D eigenvalue weighted by Gasteiger charge is 2.28. The Kier molecular flexibility index (Phi) is 5.21. The molecule has 0 spiro atoms. The maximum absolute atomic E-state index is 13.3. The maximum Gasteiger partial charge on any atom is 0.280 e. The summed E-state index contributed by atoms with van der Waals surface area (Å²) in [6.45, 7) is 5.80. The minimum atomic E-state index is -2.68. The Morgan fingerprint density at radius 3 is 2.71 bits per heavy atom. The molecule has 4 heterocycles. The van der Waals surface area contributed by atoms with Crippen molar-refractivity contribution < 1.29 is 13.6 Å². The Morgan fingerprint density at radius 2 is 2.07 bits per heavy atom. The predicted octanol–water partition coefficient (Wildman–Crippen LogP) is 1.31. The number of piperazine rings is 1. The van der Waals surface area contributed by atoms with E-state index in [0.29, 0.717) is 30.3 Å². The minimum absolute atomic E-state index is 0.0119. The standard InChI is InChI=1S/C18H23F2N7O/c1-12-2-5-27(12)18-23-14(8-15(24-18)17(19)20)13-9-22-26(10-13)11-16(28)25-6-3-21-4-7-25/h8-10,12,17,21H,2-7,11H2,1H3/t12-/m0/s1. The fourth-order valence-corrected chi connectivity index (χ4v) is 3.39. The Balaban J connectivity index is 1.54. The van der Waals surface area contributed by atoms with Gasteiger partial charge in [-0.1, -0.05) is 0 Å². The van der Waals surface area contributed by atoms with Crippen LogP contribution in [0.25, 0.3) is 11.3 Å². The lowest BCUT2D eigenvalue weighted by atomic mass is 10.1. The molecule has 1 amide bonds. The second-order valence-electron chi connectivity index (χ2n) is 7.17. The van der Waals surface area contributed by atoms with Crippen LogP contribution in [-0.4, -0.2) is 69.3 Å². The lowest BCUT2D eigenvalue weighted by molar-refractivity contribution is -0.132. The topological polar surface area (TPSA) is 79.2 Å². The number of nitrogens with zero attached hydrogens (tertiary/aromatic N) is 6. The van der Waals surface area contributed by atoms with Gasteiger partial charge < -0.3 is 15.1 Å². The van der Waals surface area contributed by atoms with Gasteiger partial charge in [0, 0.05) is 50.5 Å². The number of nitrogens with one attached hydrogen (secondary N) is 1. The number of anilines is 1. The first-order valence-corrected chi connectivity index (χ1v) is 9.46. The first-order valence-electron chi connectivity index (χ1n) is 9.46. The molecule has 0 radical (unpaired) electrons. The van der Waals surface area contributed by atoms with Crippen molar-refractivity contribution >= 4 is 11.9 Å². The molecule has 2 fully saturated rings. The van der Waals surface area contributed by atoms with Crippen molar-refractivity contribution in [3.63, 3.8) is 0 Å². The molecule has 0 bridgehead atoms. The number of rotatable bonds is 5. The third-order valence-electron chi connectivity index (χ3n) is 5.23. The molecule has 0 unspecified atom stereocenters. The van der Waals surface area contributed by atoms with E-state index in [2.05, 4.69) is 20.4 Å². The van der Waals surface area contributed by atoms with E-state index in [9.17, 15) is 13.6 Å². The van der Waals surface area contributed by atoms with E-state index in [-0.39, 0.29) is 24.2 Å². The quantitative estimate of drug-likeness (QED) is 0.828. The van der Waals surface area contributed by atoms with Crippen molar-refractivity contribution in [1.29, 1.82) is 0 Å². The molecular weight excluding hydrogens is 368 g/mol. The van der Waals surface area contributed by atoms with E-state index in [1.165, 1.54) is 10.7 Å². The average molecular weight is 391 g/mol. The largest absolute Gasteiger partial charge is 0.339 e. The summed E-state index contributed by atoms with van der Waals surface area (Å²) in [4.78, 5) is 24.6. The van der Waals surface area contributed by atoms with Gasteiger partial charge in [0.2, 0.25) is 11.9 Å². The van der Waals surface area contributed by atoms with Crippen LogP contribution < -0.4 is 10.2 Å². The highest BCUT2D eigenvalue weighted by Crippen LogP contribution is 2.29. The second-order valence-corrected chi connectivity index (χ2v) is 7.17. The monoisotopic (exact) mass is 391 g/mol. The molecule has 150 valence electrons. The fourth-order valence-electron chi connectivity index (χ4n) is 3.39. The van der Waals surface area contributed by atoms with Crippen LogP contribution in [0.2, 0.25) is 0 Å². The van der Waals surface area contributed by atoms with E-state index in [1.54, 1.807) is 17.3 Å². The van der Waals surface area contributed by atoms with E-state index in [4.69, 9.17) is 0 Å². The molecule has 2 saturated heterocycles. The van der Waals surface area contributed by atoms with Gasteiger partial charge in [-0.05, 0) is 19.4 Å². The van der Waals surface area contributed by atoms with Gasteiger partial charge in [-0.2, -0.15) is 5.10 Å². The number of amides is 1. The van der Waals surface area contributed by atoms with Crippen LogP contribution in [-0.2, 0) is 11.3 Å². The highest BCUT2D eigenvalue weighted by molar-refractivity contribution is 5.76. The van der Waals surface area contributed by atoms with Crippen molar-refractivity contribution in [3.05, 3.63) is 24.2 Å². The lowest BCUT2D eigenvalue weighted by Crippen LogP contribution is -2.47. The molecule has 1 N–H and O–H groups in total. The van der Waals surface area contributed by atoms with Gasteiger partial charge in [-0.25, -0.2) is 18.7 Å². The SMILES string of the molecule is C[C@H]1CCN1c1nc(-c2cnn(CC(=O)N3CCNCC3)c2)cc(C(F)F)n1. The lowest BCUT2D eigenvalue weighted by Gasteiger charge is -2.38. The Morgan fingerprint density at radius 1 is 1.29 bits per heavy atom. The molecule has 0 aromatic carbocycles. The van der Waals surface area contributed by atoms with Gasteiger partial charge in [-0.15, -0.1) is 0 Å². The highest BCUT2D eigenvalue weighted by atomic mass is 19.3. The fraction of sp³-hybridized carbons (Fsp3) is 0.556. The van der Waals surface area contributed by atoms with Crippen LogP contribution in [0.5, 0.6) is 0 Å². The molecule has 2 aromatic heterocycles. The summed E-state index contributed by atoms with van der Waals surface area (Å²) >= 11 is 0. The van der Waals surface area contributed by atoms with Gasteiger partial charge >= 0.3 is 0 Å². The molecule has 2 aliphatic rings. The normalized spacial score (nSPS) is 19.8. The van der Waals surface area contributed by atoms with Crippen LogP contribution in [0.4, 0.5) is 14.7 Å². The summed E-state index contributed by atoms with van der Waals surface area (Å²) in [6.07, 6.45) is 1.53. The molecular formula is C18H23F2N7O. The van der Waals surface area contributed by atoms with Gasteiger partial charge in [-0.3, -0.25) is 9.48 Å². The summed E-state index contributed by atoms with van der Waals surface area (Å²) in [6, 6.07) is 1.53. The maximum atomic E-state index is 13.3. The number of alkyl halides is 2. The molecule has 4 rings (SSSR count). The van der Waals surface area contributed by atoms with Crippen molar-refractivity contribution in [2.45, 2.75) is 32.4 Å². The van der Waals surface area contributed by atoms with Crippen molar-refractivity contribution in [2.75, 3.05) is 37.6 Å². The summed E-state index contributed by atoms with van der Waals surface area (Å²) in [5.74, 6) is 0.304. The van der Waals surface area contributed by atoms with Gasteiger partial charge in [0.15, 0.2) is 0 Å². The first kappa shape index (κ1) is 18.7. The van der Waals surface area contributed by atoms with E-state index in [1.807, 2.05) is 11.8 Å². The molecule has 28 heavy (non-hydrogen) atoms. The first-order chi connectivity index (χ1) is 13.5. The van der Waals surface area contributed by atoms with Crippen LogP contribution in [0.3, 0.4) is 0 Å². The van der Waals surface area contributed by atoms with Crippen molar-refractivity contribution in [2.24, 2.45) is 0 Å². The summed E-state index contributed by atoms with van der Waals surface area (Å²) in [5.41, 5.74) is 0.677. The zero-order valence-electron chi connectivity index (χ0n) is 15.7. The van der Waals surface area contributed by atoms with Gasteiger partial charge in [0.25, 0.3) is 6.43 Å². The van der Waals surface area contributed by atoms with E-state index < -0.39 is 6.43 Å². The van der Waals surface area contributed by atoms with E-state index >= 15 is 0 Å². The number of carbonyl (C=O) groups excluding carboxylic acids is 1. The summed E-state index contributed by atoms with van der Waals surface area (Å²) in [7, 11) is 0. The molecule has 2 aliphatic heterocycles. The third-order valence-corrected chi connectivity index (χ3v) is 5.23. The number of halogens is 2. The Hall–Kier alpha value is -2.62. The van der Waals surface area contributed by atoms with Crippen LogP contribution >= 0.6 is 0 Å². The van der Waals surface area contributed by atoms with Crippen molar-refractivity contribution in [1.82, 2.24) is 30.0 Å². The summed E-state index contributed by atoms with van der Waals surface area (Å²) in [5, 5.41) is 7.42. The Bertz CT molecular complexity index is 850.